The molecule has 76 valence electrons. The Bertz CT molecular complexity index is 331. The highest BCUT2D eigenvalue weighted by atomic mass is 32.2. The van der Waals surface area contributed by atoms with Crippen molar-refractivity contribution in [2.75, 3.05) is 6.26 Å². The second-order valence-corrected chi connectivity index (χ2v) is 4.96. The minimum Gasteiger partial charge on any atom is -0.324 e. The lowest BCUT2D eigenvalue weighted by Gasteiger charge is -2.15. The number of thioether (sulfide) groups is 1. The first kappa shape index (κ1) is 10.1. The lowest BCUT2D eigenvalue weighted by Crippen LogP contribution is -2.13. The molecule has 1 saturated carbocycles. The van der Waals surface area contributed by atoms with Crippen LogP contribution in [0.15, 0.2) is 23.1 Å². The summed E-state index contributed by atoms with van der Waals surface area (Å²) in [4.78, 5) is 1.34. The molecule has 14 heavy (non-hydrogen) atoms. The van der Waals surface area contributed by atoms with E-state index in [1.807, 2.05) is 0 Å². The van der Waals surface area contributed by atoms with E-state index in [2.05, 4.69) is 31.4 Å². The van der Waals surface area contributed by atoms with Crippen molar-refractivity contribution in [3.8, 4) is 0 Å². The fourth-order valence-corrected chi connectivity index (χ4v) is 2.46. The third kappa shape index (κ3) is 1.96. The van der Waals surface area contributed by atoms with E-state index < -0.39 is 0 Å². The molecule has 1 aliphatic rings. The normalized spacial score (nSPS) is 18.2. The second kappa shape index (κ2) is 3.95. The molecule has 1 aromatic rings. The van der Waals surface area contributed by atoms with Crippen LogP contribution in [0.2, 0.25) is 0 Å². The smallest absolute Gasteiger partial charge is 0.0334 e. The van der Waals surface area contributed by atoms with Gasteiger partial charge in [-0.05, 0) is 43.6 Å². The SMILES string of the molecule is CSc1ccc(C)cc1C(N)C1CC1. The molecule has 1 nitrogen and oxygen atoms in total. The van der Waals surface area contributed by atoms with Crippen molar-refractivity contribution in [1.29, 1.82) is 0 Å². The van der Waals surface area contributed by atoms with Crippen molar-refractivity contribution in [3.05, 3.63) is 29.3 Å². The molecule has 0 aromatic heterocycles. The van der Waals surface area contributed by atoms with Crippen LogP contribution in [0.5, 0.6) is 0 Å². The van der Waals surface area contributed by atoms with Crippen molar-refractivity contribution in [2.24, 2.45) is 11.7 Å². The Kier molecular flexibility index (Phi) is 2.84. The van der Waals surface area contributed by atoms with Gasteiger partial charge >= 0.3 is 0 Å². The monoisotopic (exact) mass is 207 g/mol. The van der Waals surface area contributed by atoms with E-state index in [9.17, 15) is 0 Å². The van der Waals surface area contributed by atoms with Crippen molar-refractivity contribution >= 4 is 11.8 Å². The Hall–Kier alpha value is -0.470. The van der Waals surface area contributed by atoms with Gasteiger partial charge in [0, 0.05) is 10.9 Å². The number of benzene rings is 1. The van der Waals surface area contributed by atoms with Gasteiger partial charge in [0.1, 0.15) is 0 Å². The van der Waals surface area contributed by atoms with Gasteiger partial charge in [-0.15, -0.1) is 11.8 Å². The lowest BCUT2D eigenvalue weighted by molar-refractivity contribution is 0.622. The van der Waals surface area contributed by atoms with Gasteiger partial charge in [0.05, 0.1) is 0 Å². The first-order valence-corrected chi connectivity index (χ1v) is 6.35. The third-order valence-electron chi connectivity index (χ3n) is 2.87. The van der Waals surface area contributed by atoms with E-state index in [1.54, 1.807) is 11.8 Å². The van der Waals surface area contributed by atoms with Crippen LogP contribution in [0.25, 0.3) is 0 Å². The molecule has 1 aliphatic carbocycles. The summed E-state index contributed by atoms with van der Waals surface area (Å²) < 4.78 is 0. The Balaban J connectivity index is 2.32. The van der Waals surface area contributed by atoms with E-state index in [4.69, 9.17) is 5.73 Å². The maximum Gasteiger partial charge on any atom is 0.0334 e. The van der Waals surface area contributed by atoms with E-state index in [-0.39, 0.29) is 6.04 Å². The fourth-order valence-electron chi connectivity index (χ4n) is 1.82. The van der Waals surface area contributed by atoms with Crippen LogP contribution in [0.1, 0.15) is 30.0 Å². The minimum atomic E-state index is 0.261. The predicted octanol–water partition coefficient (Wildman–Crippen LogP) is 3.13. The van der Waals surface area contributed by atoms with Crippen molar-refractivity contribution in [1.82, 2.24) is 0 Å². The van der Waals surface area contributed by atoms with Gasteiger partial charge in [-0.25, -0.2) is 0 Å². The maximum atomic E-state index is 6.23. The van der Waals surface area contributed by atoms with Crippen LogP contribution < -0.4 is 5.73 Å². The molecule has 0 saturated heterocycles. The molecule has 1 unspecified atom stereocenters. The average molecular weight is 207 g/mol. The van der Waals surface area contributed by atoms with E-state index >= 15 is 0 Å². The van der Waals surface area contributed by atoms with Crippen LogP contribution >= 0.6 is 11.8 Å². The van der Waals surface area contributed by atoms with Crippen LogP contribution in [0.4, 0.5) is 0 Å². The zero-order valence-electron chi connectivity index (χ0n) is 8.79. The predicted molar refractivity (Wildman–Crippen MR) is 62.6 cm³/mol. The molecular formula is C12H17NS. The van der Waals surface area contributed by atoms with Gasteiger partial charge in [-0.3, -0.25) is 0 Å². The topological polar surface area (TPSA) is 26.0 Å². The molecule has 0 bridgehead atoms. The molecule has 0 radical (unpaired) electrons. The molecule has 1 fully saturated rings. The van der Waals surface area contributed by atoms with Gasteiger partial charge in [-0.2, -0.15) is 0 Å². The molecule has 1 aromatic carbocycles. The minimum absolute atomic E-state index is 0.261. The molecule has 0 aliphatic heterocycles. The summed E-state index contributed by atoms with van der Waals surface area (Å²) in [6.45, 7) is 2.13. The first-order valence-electron chi connectivity index (χ1n) is 5.12. The number of aryl methyl sites for hydroxylation is 1. The van der Waals surface area contributed by atoms with E-state index in [0.717, 1.165) is 5.92 Å². The van der Waals surface area contributed by atoms with Gasteiger partial charge in [0.25, 0.3) is 0 Å². The summed E-state index contributed by atoms with van der Waals surface area (Å²) in [5.74, 6) is 0.739. The number of nitrogens with two attached hydrogens (primary N) is 1. The van der Waals surface area contributed by atoms with Crippen LogP contribution in [0.3, 0.4) is 0 Å². The van der Waals surface area contributed by atoms with Crippen molar-refractivity contribution in [3.63, 3.8) is 0 Å². The Morgan fingerprint density at radius 2 is 2.14 bits per heavy atom. The standard InChI is InChI=1S/C12H17NS/c1-8-3-6-11(14-2)10(7-8)12(13)9-4-5-9/h3,6-7,9,12H,4-5,13H2,1-2H3. The average Bonchev–Trinajstić information content (AvgIpc) is 3.00. The molecular weight excluding hydrogens is 190 g/mol. The first-order chi connectivity index (χ1) is 6.72. The van der Waals surface area contributed by atoms with E-state index in [0.29, 0.717) is 0 Å². The van der Waals surface area contributed by atoms with Crippen molar-refractivity contribution < 1.29 is 0 Å². The van der Waals surface area contributed by atoms with Crippen molar-refractivity contribution in [2.45, 2.75) is 30.7 Å². The highest BCUT2D eigenvalue weighted by molar-refractivity contribution is 7.98. The summed E-state index contributed by atoms with van der Waals surface area (Å²) in [6, 6.07) is 6.86. The van der Waals surface area contributed by atoms with Crippen LogP contribution in [-0.2, 0) is 0 Å². The lowest BCUT2D eigenvalue weighted by atomic mass is 10.0. The zero-order chi connectivity index (χ0) is 10.1. The van der Waals surface area contributed by atoms with Gasteiger partial charge in [0.2, 0.25) is 0 Å². The summed E-state index contributed by atoms with van der Waals surface area (Å²) in [6.07, 6.45) is 4.74. The summed E-state index contributed by atoms with van der Waals surface area (Å²) in [7, 11) is 0. The zero-order valence-corrected chi connectivity index (χ0v) is 9.60. The molecule has 0 amide bonds. The summed E-state index contributed by atoms with van der Waals surface area (Å²) in [5, 5.41) is 0. The Labute approximate surface area is 90.1 Å². The molecule has 1 atom stereocenters. The molecule has 2 rings (SSSR count). The Morgan fingerprint density at radius 1 is 1.43 bits per heavy atom. The Morgan fingerprint density at radius 3 is 2.71 bits per heavy atom. The fraction of sp³-hybridized carbons (Fsp3) is 0.500. The van der Waals surface area contributed by atoms with E-state index in [1.165, 1.54) is 28.9 Å². The summed E-state index contributed by atoms with van der Waals surface area (Å²) >= 11 is 1.80. The number of hydrogen-bond donors (Lipinski definition) is 1. The maximum absolute atomic E-state index is 6.23. The molecule has 2 heteroatoms. The molecule has 2 N–H and O–H groups in total. The molecule has 0 heterocycles. The van der Waals surface area contributed by atoms with Crippen LogP contribution in [-0.4, -0.2) is 6.26 Å². The second-order valence-electron chi connectivity index (χ2n) is 4.11. The third-order valence-corrected chi connectivity index (χ3v) is 3.69. The quantitative estimate of drug-likeness (QED) is 0.771. The number of rotatable bonds is 3. The highest BCUT2D eigenvalue weighted by Crippen LogP contribution is 2.41. The largest absolute Gasteiger partial charge is 0.324 e. The molecule has 0 spiro atoms. The van der Waals surface area contributed by atoms with Crippen LogP contribution in [0, 0.1) is 12.8 Å². The highest BCUT2D eigenvalue weighted by Gasteiger charge is 2.30. The van der Waals surface area contributed by atoms with Gasteiger partial charge in [0.15, 0.2) is 0 Å². The van der Waals surface area contributed by atoms with Gasteiger partial charge < -0.3 is 5.73 Å². The summed E-state index contributed by atoms with van der Waals surface area (Å²) in [5.41, 5.74) is 8.89. The number of hydrogen-bond acceptors (Lipinski definition) is 2. The van der Waals surface area contributed by atoms with Gasteiger partial charge in [-0.1, -0.05) is 17.7 Å².